The van der Waals surface area contributed by atoms with Gasteiger partial charge in [-0.05, 0) is 36.9 Å². The molecule has 11 heteroatoms. The summed E-state index contributed by atoms with van der Waals surface area (Å²) >= 11 is 5.88. The van der Waals surface area contributed by atoms with E-state index in [2.05, 4.69) is 4.98 Å². The van der Waals surface area contributed by atoms with Gasteiger partial charge in [0.15, 0.2) is 0 Å². The molecule has 2 N–H and O–H groups in total. The summed E-state index contributed by atoms with van der Waals surface area (Å²) in [5.74, 6) is 0. The minimum atomic E-state index is -4.12. The molecule has 2 aromatic carbocycles. The number of sulfonamides is 1. The first-order valence-electron chi connectivity index (χ1n) is 9.54. The van der Waals surface area contributed by atoms with E-state index in [1.54, 1.807) is 24.4 Å². The molecular formula is C22H25Cl3N4O3S. The van der Waals surface area contributed by atoms with E-state index in [-0.39, 0.29) is 36.3 Å². The van der Waals surface area contributed by atoms with Gasteiger partial charge in [-0.2, -0.15) is 0 Å². The van der Waals surface area contributed by atoms with E-state index in [4.69, 9.17) is 17.3 Å². The van der Waals surface area contributed by atoms with Crippen LogP contribution in [0.3, 0.4) is 0 Å². The number of aromatic nitrogens is 1. The van der Waals surface area contributed by atoms with Crippen molar-refractivity contribution in [1.29, 1.82) is 0 Å². The molecule has 0 radical (unpaired) electrons. The van der Waals surface area contributed by atoms with E-state index < -0.39 is 16.1 Å². The molecule has 1 heterocycles. The number of halogens is 3. The summed E-state index contributed by atoms with van der Waals surface area (Å²) in [6, 6.07) is 12.9. The fourth-order valence-electron chi connectivity index (χ4n) is 3.08. The Balaban J connectivity index is 0.00000272. The predicted octanol–water partition coefficient (Wildman–Crippen LogP) is 4.45. The number of nitrogens with two attached hydrogens (primary N) is 1. The Hall–Kier alpha value is -2.36. The van der Waals surface area contributed by atoms with E-state index in [1.807, 2.05) is 48.4 Å². The number of fused-ring (bicyclic) bond motifs is 1. The lowest BCUT2D eigenvalue weighted by molar-refractivity contribution is 0.227. The normalized spacial score (nSPS) is 11.2. The van der Waals surface area contributed by atoms with E-state index in [9.17, 15) is 13.2 Å². The van der Waals surface area contributed by atoms with Crippen molar-refractivity contribution in [2.75, 3.05) is 26.7 Å². The minimum absolute atomic E-state index is 0. The third kappa shape index (κ3) is 7.31. The van der Waals surface area contributed by atoms with Gasteiger partial charge < -0.3 is 10.6 Å². The zero-order valence-corrected chi connectivity index (χ0v) is 21.0. The second kappa shape index (κ2) is 12.8. The van der Waals surface area contributed by atoms with Crippen LogP contribution in [-0.2, 0) is 10.0 Å². The number of rotatable bonds is 8. The first-order chi connectivity index (χ1) is 14.8. The lowest BCUT2D eigenvalue weighted by Gasteiger charge is -2.24. The molecule has 0 unspecified atom stereocenters. The number of pyridine rings is 1. The summed E-state index contributed by atoms with van der Waals surface area (Å²) in [5, 5.41) is 1.82. The molecule has 0 aliphatic carbocycles. The predicted molar refractivity (Wildman–Crippen MR) is 138 cm³/mol. The van der Waals surface area contributed by atoms with Gasteiger partial charge in [0.2, 0.25) is 0 Å². The van der Waals surface area contributed by atoms with Gasteiger partial charge >= 0.3 is 6.03 Å². The van der Waals surface area contributed by atoms with Gasteiger partial charge in [0.1, 0.15) is 0 Å². The maximum atomic E-state index is 13.2. The number of hydrogen-bond donors (Lipinski definition) is 1. The monoisotopic (exact) mass is 530 g/mol. The van der Waals surface area contributed by atoms with Gasteiger partial charge in [-0.1, -0.05) is 48.0 Å². The summed E-state index contributed by atoms with van der Waals surface area (Å²) in [7, 11) is -2.28. The maximum absolute atomic E-state index is 13.2. The Labute approximate surface area is 211 Å². The van der Waals surface area contributed by atoms with Crippen LogP contribution in [-0.4, -0.2) is 55.3 Å². The number of nitrogens with zero attached hydrogens (tertiary/aromatic N) is 3. The fraction of sp³-hybridized carbons (Fsp3) is 0.182. The van der Waals surface area contributed by atoms with Crippen molar-refractivity contribution in [3.63, 3.8) is 0 Å². The number of primary amides is 1. The number of hydrogen-bond acceptors (Lipinski definition) is 5. The Bertz CT molecular complexity index is 1200. The molecule has 33 heavy (non-hydrogen) atoms. The molecule has 178 valence electrons. The molecule has 0 aliphatic rings. The first-order valence-corrected chi connectivity index (χ1v) is 11.4. The second-order valence-corrected chi connectivity index (χ2v) is 9.25. The summed E-state index contributed by atoms with van der Waals surface area (Å²) < 4.78 is 27.1. The molecule has 2 amide bonds. The van der Waals surface area contributed by atoms with Crippen molar-refractivity contribution in [2.45, 2.75) is 4.90 Å². The Morgan fingerprint density at radius 2 is 1.79 bits per heavy atom. The number of carbonyl (C=O) groups is 1. The SMILES string of the molecule is CN(CC=Cc1ccc(Cl)cc1)CCN(C(N)=O)S(=O)(=O)c1cccc2cnccc12.Cl.Cl. The highest BCUT2D eigenvalue weighted by Crippen LogP contribution is 2.25. The maximum Gasteiger partial charge on any atom is 0.328 e. The van der Waals surface area contributed by atoms with E-state index in [1.165, 1.54) is 12.3 Å². The van der Waals surface area contributed by atoms with Gasteiger partial charge in [-0.25, -0.2) is 17.5 Å². The van der Waals surface area contributed by atoms with Crippen LogP contribution in [0.5, 0.6) is 0 Å². The fourth-order valence-corrected chi connectivity index (χ4v) is 4.72. The first kappa shape index (κ1) is 28.7. The second-order valence-electron chi connectivity index (χ2n) is 6.98. The molecule has 0 bridgehead atoms. The summed E-state index contributed by atoms with van der Waals surface area (Å²) in [5.41, 5.74) is 6.44. The van der Waals surface area contributed by atoms with Crippen molar-refractivity contribution in [3.05, 3.63) is 77.6 Å². The van der Waals surface area contributed by atoms with Crippen molar-refractivity contribution in [1.82, 2.24) is 14.2 Å². The van der Waals surface area contributed by atoms with Crippen LogP contribution in [0.2, 0.25) is 5.02 Å². The van der Waals surface area contributed by atoms with Crippen LogP contribution in [0.15, 0.2) is 71.9 Å². The van der Waals surface area contributed by atoms with Gasteiger partial charge in [0.05, 0.1) is 11.4 Å². The lowest BCUT2D eigenvalue weighted by Crippen LogP contribution is -2.44. The molecular weight excluding hydrogens is 507 g/mol. The number of amides is 2. The summed E-state index contributed by atoms with van der Waals surface area (Å²) in [6.07, 6.45) is 6.98. The van der Waals surface area contributed by atoms with Crippen LogP contribution in [0.25, 0.3) is 16.8 Å². The third-order valence-corrected chi connectivity index (χ3v) is 6.84. The number of likely N-dealkylation sites (N-methyl/N-ethyl adjacent to an activating group) is 1. The van der Waals surface area contributed by atoms with Crippen LogP contribution in [0.4, 0.5) is 4.79 Å². The highest BCUT2D eigenvalue weighted by atomic mass is 35.5. The average Bonchev–Trinajstić information content (AvgIpc) is 2.74. The molecule has 3 aromatic rings. The van der Waals surface area contributed by atoms with Gasteiger partial charge in [-0.3, -0.25) is 4.98 Å². The van der Waals surface area contributed by atoms with Crippen LogP contribution in [0, 0.1) is 0 Å². The van der Waals surface area contributed by atoms with Crippen molar-refractivity contribution in [3.8, 4) is 0 Å². The summed E-state index contributed by atoms with van der Waals surface area (Å²) in [4.78, 5) is 17.9. The smallest absolute Gasteiger partial charge is 0.328 e. The zero-order valence-electron chi connectivity index (χ0n) is 17.8. The van der Waals surface area contributed by atoms with E-state index >= 15 is 0 Å². The molecule has 1 aromatic heterocycles. The Morgan fingerprint density at radius 3 is 2.45 bits per heavy atom. The summed E-state index contributed by atoms with van der Waals surface area (Å²) in [6.45, 7) is 0.819. The number of urea groups is 1. The van der Waals surface area contributed by atoms with E-state index in [0.29, 0.717) is 33.2 Å². The molecule has 0 atom stereocenters. The highest BCUT2D eigenvalue weighted by Gasteiger charge is 2.29. The van der Waals surface area contributed by atoms with Crippen LogP contribution in [0.1, 0.15) is 5.56 Å². The Morgan fingerprint density at radius 1 is 1.09 bits per heavy atom. The van der Waals surface area contributed by atoms with Crippen molar-refractivity contribution < 1.29 is 13.2 Å². The van der Waals surface area contributed by atoms with Gasteiger partial charge in [0, 0.05) is 41.3 Å². The van der Waals surface area contributed by atoms with Crippen molar-refractivity contribution >= 4 is 69.3 Å². The molecule has 0 aliphatic heterocycles. The molecule has 0 spiro atoms. The molecule has 0 saturated carbocycles. The largest absolute Gasteiger partial charge is 0.351 e. The van der Waals surface area contributed by atoms with E-state index in [0.717, 1.165) is 5.56 Å². The Kier molecular flexibility index (Phi) is 11.1. The zero-order chi connectivity index (χ0) is 22.4. The van der Waals surface area contributed by atoms with Crippen LogP contribution < -0.4 is 5.73 Å². The number of carbonyl (C=O) groups excluding carboxylic acids is 1. The standard InChI is InChI=1S/C22H23ClN4O3S.2ClH/c1-26(13-3-4-17-7-9-19(23)10-8-17)14-15-27(22(24)28)31(29,30)21-6-2-5-18-16-25-12-11-20(18)21;;/h2-12,16H,13-15H2,1H3,(H2,24,28);2*1H. The van der Waals surface area contributed by atoms with Gasteiger partial charge in [0.25, 0.3) is 10.0 Å². The minimum Gasteiger partial charge on any atom is -0.351 e. The molecule has 0 saturated heterocycles. The highest BCUT2D eigenvalue weighted by molar-refractivity contribution is 7.89. The molecule has 7 nitrogen and oxygen atoms in total. The third-order valence-electron chi connectivity index (χ3n) is 4.74. The quantitative estimate of drug-likeness (QED) is 0.463. The number of benzene rings is 2. The van der Waals surface area contributed by atoms with Gasteiger partial charge in [-0.15, -0.1) is 24.8 Å². The topological polar surface area (TPSA) is 96.6 Å². The van der Waals surface area contributed by atoms with Crippen LogP contribution >= 0.6 is 36.4 Å². The lowest BCUT2D eigenvalue weighted by atomic mass is 10.2. The molecule has 0 fully saturated rings. The van der Waals surface area contributed by atoms with Crippen molar-refractivity contribution in [2.24, 2.45) is 5.73 Å². The molecule has 3 rings (SSSR count). The average molecular weight is 532 g/mol.